The minimum Gasteiger partial charge on any atom is -0.394 e. The lowest BCUT2D eigenvalue weighted by molar-refractivity contribution is 0.0119. The van der Waals surface area contributed by atoms with Crippen molar-refractivity contribution >= 4 is 6.03 Å². The molecular weight excluding hydrogens is 325 g/mol. The highest BCUT2D eigenvalue weighted by molar-refractivity contribution is 5.74. The number of hydrogen-bond acceptors (Lipinski definition) is 3. The van der Waals surface area contributed by atoms with Crippen LogP contribution in [0.5, 0.6) is 0 Å². The summed E-state index contributed by atoms with van der Waals surface area (Å²) in [5.74, 6) is -4.34. The van der Waals surface area contributed by atoms with Crippen molar-refractivity contribution in [3.05, 3.63) is 35.1 Å². The molecule has 0 saturated carbocycles. The van der Waals surface area contributed by atoms with Crippen LogP contribution < -0.4 is 10.6 Å². The first-order valence-electron chi connectivity index (χ1n) is 7.92. The smallest absolute Gasteiger partial charge is 0.315 e. The van der Waals surface area contributed by atoms with Gasteiger partial charge in [-0.2, -0.15) is 0 Å². The van der Waals surface area contributed by atoms with E-state index in [4.69, 9.17) is 4.74 Å². The van der Waals surface area contributed by atoms with Gasteiger partial charge in [-0.1, -0.05) is 0 Å². The number of carbonyl (C=O) groups is 1. The van der Waals surface area contributed by atoms with Gasteiger partial charge < -0.3 is 20.5 Å². The molecule has 0 bridgehead atoms. The zero-order chi connectivity index (χ0) is 17.5. The highest BCUT2D eigenvalue weighted by Crippen LogP contribution is 2.19. The molecule has 2 rings (SSSR count). The van der Waals surface area contributed by atoms with Crippen molar-refractivity contribution in [1.29, 1.82) is 0 Å². The molecule has 3 N–H and O–H groups in total. The lowest BCUT2D eigenvalue weighted by atomic mass is 10.1. The Hall–Kier alpha value is -1.80. The van der Waals surface area contributed by atoms with E-state index in [-0.39, 0.29) is 11.7 Å². The van der Waals surface area contributed by atoms with Gasteiger partial charge in [0.05, 0.1) is 18.8 Å². The van der Waals surface area contributed by atoms with E-state index in [9.17, 15) is 23.1 Å². The Balaban J connectivity index is 1.84. The number of aliphatic hydroxyl groups excluding tert-OH is 1. The van der Waals surface area contributed by atoms with Crippen LogP contribution in [-0.4, -0.2) is 37.0 Å². The highest BCUT2D eigenvalue weighted by atomic mass is 19.2. The Morgan fingerprint density at radius 3 is 2.58 bits per heavy atom. The number of rotatable bonds is 6. The van der Waals surface area contributed by atoms with Gasteiger partial charge in [-0.15, -0.1) is 0 Å². The second kappa shape index (κ2) is 8.89. The van der Waals surface area contributed by atoms with E-state index in [1.165, 1.54) is 0 Å². The lowest BCUT2D eigenvalue weighted by Crippen LogP contribution is -2.40. The molecule has 0 aliphatic carbocycles. The van der Waals surface area contributed by atoms with E-state index in [0.29, 0.717) is 13.0 Å². The molecule has 134 valence electrons. The molecule has 1 aromatic rings. The van der Waals surface area contributed by atoms with Gasteiger partial charge in [-0.25, -0.2) is 18.0 Å². The standard InChI is InChI=1S/C16H21F3N2O3/c17-12-7-10(8-13(18)15(12)19)14(9-22)21-16(23)20-5-4-11-3-1-2-6-24-11/h7-8,11,14,22H,1-6,9H2,(H2,20,21,23). The van der Waals surface area contributed by atoms with Crippen molar-refractivity contribution in [3.63, 3.8) is 0 Å². The zero-order valence-corrected chi connectivity index (χ0v) is 13.2. The van der Waals surface area contributed by atoms with Gasteiger partial charge in [-0.05, 0) is 43.4 Å². The predicted octanol–water partition coefficient (Wildman–Crippen LogP) is 2.40. The number of hydrogen-bond donors (Lipinski definition) is 3. The summed E-state index contributed by atoms with van der Waals surface area (Å²) in [5.41, 5.74) is -0.0559. The van der Waals surface area contributed by atoms with Crippen LogP contribution in [0.2, 0.25) is 0 Å². The van der Waals surface area contributed by atoms with Crippen molar-refractivity contribution in [2.45, 2.75) is 37.8 Å². The Morgan fingerprint density at radius 2 is 2.00 bits per heavy atom. The fraction of sp³-hybridized carbons (Fsp3) is 0.562. The van der Waals surface area contributed by atoms with Gasteiger partial charge in [0.1, 0.15) is 0 Å². The third kappa shape index (κ3) is 5.10. The Labute approximate surface area is 138 Å². The molecule has 5 nitrogen and oxygen atoms in total. The summed E-state index contributed by atoms with van der Waals surface area (Å²) in [4.78, 5) is 11.8. The minimum atomic E-state index is -1.59. The van der Waals surface area contributed by atoms with Crippen LogP contribution in [0.4, 0.5) is 18.0 Å². The van der Waals surface area contributed by atoms with E-state index in [1.54, 1.807) is 0 Å². The topological polar surface area (TPSA) is 70.6 Å². The predicted molar refractivity (Wildman–Crippen MR) is 80.9 cm³/mol. The molecule has 1 fully saturated rings. The Kier molecular flexibility index (Phi) is 6.86. The van der Waals surface area contributed by atoms with E-state index in [0.717, 1.165) is 38.0 Å². The molecule has 1 aromatic carbocycles. The molecule has 24 heavy (non-hydrogen) atoms. The van der Waals surface area contributed by atoms with Gasteiger partial charge in [0.15, 0.2) is 17.5 Å². The van der Waals surface area contributed by atoms with E-state index >= 15 is 0 Å². The monoisotopic (exact) mass is 346 g/mol. The van der Waals surface area contributed by atoms with Crippen LogP contribution in [0.25, 0.3) is 0 Å². The molecule has 2 unspecified atom stereocenters. The van der Waals surface area contributed by atoms with E-state index < -0.39 is 36.1 Å². The fourth-order valence-corrected chi connectivity index (χ4v) is 2.60. The summed E-state index contributed by atoms with van der Waals surface area (Å²) < 4.78 is 45.0. The molecule has 1 saturated heterocycles. The summed E-state index contributed by atoms with van der Waals surface area (Å²) in [5, 5.41) is 14.3. The number of urea groups is 1. The second-order valence-electron chi connectivity index (χ2n) is 5.71. The van der Waals surface area contributed by atoms with Crippen LogP contribution in [0, 0.1) is 17.5 Å². The molecule has 2 atom stereocenters. The fourth-order valence-electron chi connectivity index (χ4n) is 2.60. The van der Waals surface area contributed by atoms with Gasteiger partial charge in [-0.3, -0.25) is 0 Å². The maximum absolute atomic E-state index is 13.2. The van der Waals surface area contributed by atoms with Crippen LogP contribution in [0.15, 0.2) is 12.1 Å². The molecule has 8 heteroatoms. The summed E-state index contributed by atoms with van der Waals surface area (Å²) >= 11 is 0. The average Bonchev–Trinajstić information content (AvgIpc) is 2.58. The van der Waals surface area contributed by atoms with Crippen LogP contribution in [-0.2, 0) is 4.74 Å². The van der Waals surface area contributed by atoms with Crippen molar-refractivity contribution in [1.82, 2.24) is 10.6 Å². The molecule has 1 aliphatic heterocycles. The molecular formula is C16H21F3N2O3. The lowest BCUT2D eigenvalue weighted by Gasteiger charge is -2.23. The number of carbonyl (C=O) groups excluding carboxylic acids is 1. The summed E-state index contributed by atoms with van der Waals surface area (Å²) in [6.45, 7) is 0.523. The maximum atomic E-state index is 13.2. The number of amides is 2. The van der Waals surface area contributed by atoms with E-state index in [2.05, 4.69) is 10.6 Å². The first-order chi connectivity index (χ1) is 11.5. The number of aliphatic hydroxyl groups is 1. The molecule has 1 aliphatic rings. The maximum Gasteiger partial charge on any atom is 0.315 e. The molecule has 2 amide bonds. The van der Waals surface area contributed by atoms with Crippen molar-refractivity contribution in [3.8, 4) is 0 Å². The number of ether oxygens (including phenoxy) is 1. The quantitative estimate of drug-likeness (QED) is 0.693. The van der Waals surface area contributed by atoms with Crippen molar-refractivity contribution in [2.75, 3.05) is 19.8 Å². The van der Waals surface area contributed by atoms with Crippen LogP contribution in [0.1, 0.15) is 37.3 Å². The van der Waals surface area contributed by atoms with Gasteiger partial charge in [0.25, 0.3) is 0 Å². The van der Waals surface area contributed by atoms with Gasteiger partial charge >= 0.3 is 6.03 Å². The van der Waals surface area contributed by atoms with Crippen LogP contribution in [0.3, 0.4) is 0 Å². The number of halogens is 3. The number of benzene rings is 1. The normalized spacial score (nSPS) is 18.9. The van der Waals surface area contributed by atoms with Crippen molar-refractivity contribution < 1.29 is 27.8 Å². The summed E-state index contributed by atoms with van der Waals surface area (Å²) in [6.07, 6.45) is 3.89. The molecule has 0 radical (unpaired) electrons. The zero-order valence-electron chi connectivity index (χ0n) is 13.2. The highest BCUT2D eigenvalue weighted by Gasteiger charge is 2.19. The molecule has 1 heterocycles. The molecule has 0 aromatic heterocycles. The van der Waals surface area contributed by atoms with E-state index in [1.807, 2.05) is 0 Å². The Bertz CT molecular complexity index is 542. The summed E-state index contributed by atoms with van der Waals surface area (Å²) in [7, 11) is 0. The number of nitrogens with one attached hydrogen (secondary N) is 2. The Morgan fingerprint density at radius 1 is 1.29 bits per heavy atom. The third-order valence-electron chi connectivity index (χ3n) is 3.92. The third-order valence-corrected chi connectivity index (χ3v) is 3.92. The average molecular weight is 346 g/mol. The van der Waals surface area contributed by atoms with Crippen LogP contribution >= 0.6 is 0 Å². The largest absolute Gasteiger partial charge is 0.394 e. The first-order valence-corrected chi connectivity index (χ1v) is 7.92. The summed E-state index contributed by atoms with van der Waals surface area (Å²) in [6, 6.07) is -0.138. The SMILES string of the molecule is O=C(NCCC1CCCCO1)NC(CO)c1cc(F)c(F)c(F)c1. The van der Waals surface area contributed by atoms with Gasteiger partial charge in [0, 0.05) is 13.2 Å². The van der Waals surface area contributed by atoms with Crippen molar-refractivity contribution in [2.24, 2.45) is 0 Å². The molecule has 0 spiro atoms. The van der Waals surface area contributed by atoms with Gasteiger partial charge in [0.2, 0.25) is 0 Å². The minimum absolute atomic E-state index is 0.0559. The first kappa shape index (κ1) is 18.5. The second-order valence-corrected chi connectivity index (χ2v) is 5.71.